The van der Waals surface area contributed by atoms with Crippen molar-refractivity contribution in [3.63, 3.8) is 0 Å². The van der Waals surface area contributed by atoms with Gasteiger partial charge in [-0.15, -0.1) is 0 Å². The van der Waals surface area contributed by atoms with Crippen molar-refractivity contribution >= 4 is 0 Å². The monoisotopic (exact) mass is 279 g/mol. The Morgan fingerprint density at radius 3 is 2.85 bits per heavy atom. The van der Waals surface area contributed by atoms with Crippen LogP contribution in [0.2, 0.25) is 0 Å². The van der Waals surface area contributed by atoms with Crippen LogP contribution in [0.4, 0.5) is 0 Å². The van der Waals surface area contributed by atoms with Crippen LogP contribution in [0, 0.1) is 5.92 Å². The lowest BCUT2D eigenvalue weighted by atomic mass is 9.99. The molecule has 0 radical (unpaired) electrons. The lowest BCUT2D eigenvalue weighted by molar-refractivity contribution is 0.0835. The van der Waals surface area contributed by atoms with Crippen LogP contribution < -0.4 is 0 Å². The van der Waals surface area contributed by atoms with E-state index < -0.39 is 0 Å². The third kappa shape index (κ3) is 3.58. The summed E-state index contributed by atoms with van der Waals surface area (Å²) in [4.78, 5) is 7.02. The molecule has 0 amide bonds. The Kier molecular flexibility index (Phi) is 4.68. The first kappa shape index (κ1) is 14.0. The second kappa shape index (κ2) is 6.68. The molecule has 0 saturated carbocycles. The second-order valence-electron chi connectivity index (χ2n) is 6.18. The average molecular weight is 279 g/mol. The van der Waals surface area contributed by atoms with Crippen LogP contribution in [0.25, 0.3) is 0 Å². The van der Waals surface area contributed by atoms with Crippen LogP contribution in [0.15, 0.2) is 4.52 Å². The Balaban J connectivity index is 1.40. The third-order valence-corrected chi connectivity index (χ3v) is 4.44. The summed E-state index contributed by atoms with van der Waals surface area (Å²) in [6, 6.07) is 0. The van der Waals surface area contributed by atoms with E-state index in [1.807, 2.05) is 0 Å². The van der Waals surface area contributed by atoms with Crippen LogP contribution >= 0.6 is 0 Å². The summed E-state index contributed by atoms with van der Waals surface area (Å²) in [5, 5.41) is 4.07. The lowest BCUT2D eigenvalue weighted by Crippen LogP contribution is -2.33. The molecule has 0 aliphatic carbocycles. The van der Waals surface area contributed by atoms with Gasteiger partial charge in [-0.3, -0.25) is 0 Å². The van der Waals surface area contributed by atoms with E-state index in [0.29, 0.717) is 5.89 Å². The summed E-state index contributed by atoms with van der Waals surface area (Å²) in [5.74, 6) is 2.41. The van der Waals surface area contributed by atoms with E-state index in [0.717, 1.165) is 50.6 Å². The molecule has 3 heterocycles. The third-order valence-electron chi connectivity index (χ3n) is 4.44. The van der Waals surface area contributed by atoms with Gasteiger partial charge in [-0.2, -0.15) is 4.98 Å². The summed E-state index contributed by atoms with van der Waals surface area (Å²) in [6.07, 6.45) is 6.83. The molecule has 2 aliphatic heterocycles. The first-order valence-corrected chi connectivity index (χ1v) is 7.97. The van der Waals surface area contributed by atoms with Crippen molar-refractivity contribution in [1.29, 1.82) is 0 Å². The highest BCUT2D eigenvalue weighted by Crippen LogP contribution is 2.27. The van der Waals surface area contributed by atoms with Crippen molar-refractivity contribution in [1.82, 2.24) is 15.0 Å². The molecule has 112 valence electrons. The van der Waals surface area contributed by atoms with Crippen molar-refractivity contribution in [3.8, 4) is 0 Å². The maximum absolute atomic E-state index is 5.56. The lowest BCUT2D eigenvalue weighted by Gasteiger charge is -2.29. The van der Waals surface area contributed by atoms with Gasteiger partial charge in [-0.05, 0) is 57.7 Å². The number of hydrogen-bond donors (Lipinski definition) is 0. The number of aryl methyl sites for hydroxylation is 1. The normalized spacial score (nSPS) is 25.4. The SMILES string of the molecule is CC1CCN(CCCc2noc([C@@H]3CCCO3)n2)CC1. The Bertz CT molecular complexity index is 407. The summed E-state index contributed by atoms with van der Waals surface area (Å²) >= 11 is 0. The van der Waals surface area contributed by atoms with Gasteiger partial charge in [0.2, 0.25) is 0 Å². The zero-order chi connectivity index (χ0) is 13.8. The standard InChI is InChI=1S/C15H25N3O2/c1-12-6-9-18(10-7-12)8-2-5-14-16-15(20-17-14)13-4-3-11-19-13/h12-13H,2-11H2,1H3/t13-/m0/s1. The number of nitrogens with zero attached hydrogens (tertiary/aromatic N) is 3. The van der Waals surface area contributed by atoms with Crippen LogP contribution in [-0.4, -0.2) is 41.3 Å². The molecule has 0 aromatic carbocycles. The molecule has 0 bridgehead atoms. The second-order valence-corrected chi connectivity index (χ2v) is 6.18. The van der Waals surface area contributed by atoms with Gasteiger partial charge in [0.1, 0.15) is 6.10 Å². The first-order chi connectivity index (χ1) is 9.81. The van der Waals surface area contributed by atoms with Gasteiger partial charge in [0.25, 0.3) is 5.89 Å². The quantitative estimate of drug-likeness (QED) is 0.829. The van der Waals surface area contributed by atoms with Gasteiger partial charge in [0, 0.05) is 13.0 Å². The molecule has 20 heavy (non-hydrogen) atoms. The van der Waals surface area contributed by atoms with E-state index in [1.54, 1.807) is 0 Å². The molecular weight excluding hydrogens is 254 g/mol. The van der Waals surface area contributed by atoms with Gasteiger partial charge in [-0.25, -0.2) is 0 Å². The molecule has 2 saturated heterocycles. The maximum Gasteiger partial charge on any atom is 0.255 e. The van der Waals surface area contributed by atoms with Crippen molar-refractivity contribution in [2.75, 3.05) is 26.2 Å². The molecule has 5 nitrogen and oxygen atoms in total. The fourth-order valence-electron chi connectivity index (χ4n) is 3.02. The molecular formula is C15H25N3O2. The van der Waals surface area contributed by atoms with E-state index >= 15 is 0 Å². The van der Waals surface area contributed by atoms with Crippen LogP contribution in [0.1, 0.15) is 56.8 Å². The number of likely N-dealkylation sites (tertiary alicyclic amines) is 1. The minimum atomic E-state index is 0.0415. The topological polar surface area (TPSA) is 51.4 Å². The smallest absolute Gasteiger partial charge is 0.255 e. The largest absolute Gasteiger partial charge is 0.368 e. The van der Waals surface area contributed by atoms with Crippen LogP contribution in [0.5, 0.6) is 0 Å². The van der Waals surface area contributed by atoms with Crippen molar-refractivity contribution in [2.24, 2.45) is 5.92 Å². The maximum atomic E-state index is 5.56. The van der Waals surface area contributed by atoms with Crippen molar-refractivity contribution < 1.29 is 9.26 Å². The van der Waals surface area contributed by atoms with Gasteiger partial charge in [-0.1, -0.05) is 12.1 Å². The minimum Gasteiger partial charge on any atom is -0.368 e. The number of ether oxygens (including phenoxy) is 1. The van der Waals surface area contributed by atoms with Gasteiger partial charge in [0.05, 0.1) is 0 Å². The zero-order valence-corrected chi connectivity index (χ0v) is 12.4. The van der Waals surface area contributed by atoms with E-state index in [4.69, 9.17) is 9.26 Å². The highest BCUT2D eigenvalue weighted by Gasteiger charge is 2.23. The molecule has 5 heteroatoms. The Labute approximate surface area is 120 Å². The van der Waals surface area contributed by atoms with E-state index in [2.05, 4.69) is 22.0 Å². The molecule has 1 aromatic heterocycles. The zero-order valence-electron chi connectivity index (χ0n) is 12.4. The molecule has 3 rings (SSSR count). The Morgan fingerprint density at radius 2 is 2.10 bits per heavy atom. The number of aromatic nitrogens is 2. The molecule has 1 atom stereocenters. The van der Waals surface area contributed by atoms with Gasteiger partial charge < -0.3 is 14.2 Å². The first-order valence-electron chi connectivity index (χ1n) is 7.97. The molecule has 1 aromatic rings. The Hall–Kier alpha value is -0.940. The number of rotatable bonds is 5. The molecule has 2 fully saturated rings. The summed E-state index contributed by atoms with van der Waals surface area (Å²) < 4.78 is 10.9. The molecule has 2 aliphatic rings. The van der Waals surface area contributed by atoms with Crippen LogP contribution in [0.3, 0.4) is 0 Å². The van der Waals surface area contributed by atoms with E-state index in [1.165, 1.54) is 25.9 Å². The fourth-order valence-corrected chi connectivity index (χ4v) is 3.02. The van der Waals surface area contributed by atoms with E-state index in [9.17, 15) is 0 Å². The van der Waals surface area contributed by atoms with Gasteiger partial charge in [0.15, 0.2) is 5.82 Å². The summed E-state index contributed by atoms with van der Waals surface area (Å²) in [5.41, 5.74) is 0. The minimum absolute atomic E-state index is 0.0415. The number of hydrogen-bond acceptors (Lipinski definition) is 5. The Morgan fingerprint density at radius 1 is 1.25 bits per heavy atom. The molecule has 0 spiro atoms. The predicted molar refractivity (Wildman–Crippen MR) is 75.4 cm³/mol. The van der Waals surface area contributed by atoms with E-state index in [-0.39, 0.29) is 6.10 Å². The highest BCUT2D eigenvalue weighted by atomic mass is 16.5. The fraction of sp³-hybridized carbons (Fsp3) is 0.867. The van der Waals surface area contributed by atoms with Crippen molar-refractivity contribution in [2.45, 2.75) is 51.6 Å². The van der Waals surface area contributed by atoms with Crippen LogP contribution in [-0.2, 0) is 11.2 Å². The molecule has 0 N–H and O–H groups in total. The summed E-state index contributed by atoms with van der Waals surface area (Å²) in [6.45, 7) is 6.80. The number of piperidine rings is 1. The van der Waals surface area contributed by atoms with Crippen molar-refractivity contribution in [3.05, 3.63) is 11.7 Å². The van der Waals surface area contributed by atoms with Gasteiger partial charge >= 0.3 is 0 Å². The highest BCUT2D eigenvalue weighted by molar-refractivity contribution is 4.92. The molecule has 0 unspecified atom stereocenters. The predicted octanol–water partition coefficient (Wildman–Crippen LogP) is 2.59. The average Bonchev–Trinajstić information content (AvgIpc) is 3.11. The summed E-state index contributed by atoms with van der Waals surface area (Å²) in [7, 11) is 0.